The predicted molar refractivity (Wildman–Crippen MR) is 88.5 cm³/mol. The Kier molecular flexibility index (Phi) is 4.80. The molecule has 3 rings (SSSR count). The van der Waals surface area contributed by atoms with Gasteiger partial charge in [-0.2, -0.15) is 0 Å². The van der Waals surface area contributed by atoms with Crippen LogP contribution in [-0.2, 0) is 9.53 Å². The first-order valence-corrected chi connectivity index (χ1v) is 8.17. The number of hydrogen-bond acceptors (Lipinski definition) is 5. The summed E-state index contributed by atoms with van der Waals surface area (Å²) in [6.07, 6.45) is 3.55. The van der Waals surface area contributed by atoms with Gasteiger partial charge in [0.2, 0.25) is 5.91 Å². The van der Waals surface area contributed by atoms with Crippen molar-refractivity contribution in [1.82, 2.24) is 4.98 Å². The molecule has 1 aromatic carbocycles. The zero-order valence-electron chi connectivity index (χ0n) is 13.6. The third kappa shape index (κ3) is 3.73. The summed E-state index contributed by atoms with van der Waals surface area (Å²) in [5.41, 5.74) is 6.71. The van der Waals surface area contributed by atoms with Crippen LogP contribution in [0.15, 0.2) is 22.6 Å². The van der Waals surface area contributed by atoms with Crippen LogP contribution in [-0.4, -0.2) is 29.5 Å². The van der Waals surface area contributed by atoms with Gasteiger partial charge in [-0.1, -0.05) is 6.92 Å². The van der Waals surface area contributed by atoms with Gasteiger partial charge in [-0.05, 0) is 43.4 Å². The molecule has 0 bridgehead atoms. The number of carbonyl (C=O) groups excluding carboxylic acids is 2. The van der Waals surface area contributed by atoms with Gasteiger partial charge in [-0.25, -0.2) is 4.98 Å². The second kappa shape index (κ2) is 7.00. The number of ether oxygens (including phenoxy) is 1. The number of fused-ring (bicyclic) bond motifs is 1. The summed E-state index contributed by atoms with van der Waals surface area (Å²) in [5.74, 6) is -0.543. The molecule has 2 heterocycles. The van der Waals surface area contributed by atoms with E-state index in [0.29, 0.717) is 29.1 Å². The van der Waals surface area contributed by atoms with Gasteiger partial charge in [-0.3, -0.25) is 9.59 Å². The predicted octanol–water partition coefficient (Wildman–Crippen LogP) is 2.46. The molecule has 0 spiro atoms. The minimum absolute atomic E-state index is 0.0327. The highest BCUT2D eigenvalue weighted by atomic mass is 16.5. The lowest BCUT2D eigenvalue weighted by Crippen LogP contribution is -2.28. The molecule has 2 aromatic rings. The fraction of sp³-hybridized carbons (Fsp3) is 0.471. The highest BCUT2D eigenvalue weighted by Crippen LogP contribution is 2.26. The van der Waals surface area contributed by atoms with Crippen LogP contribution in [0.25, 0.3) is 11.1 Å². The zero-order valence-corrected chi connectivity index (χ0v) is 13.6. The molecular formula is C17H21N3O4. The number of nitrogens with zero attached hydrogens (tertiary/aromatic N) is 1. The van der Waals surface area contributed by atoms with Gasteiger partial charge >= 0.3 is 5.91 Å². The lowest BCUT2D eigenvalue weighted by molar-refractivity contribution is -0.118. The van der Waals surface area contributed by atoms with Crippen LogP contribution in [0.2, 0.25) is 0 Å². The fourth-order valence-electron chi connectivity index (χ4n) is 3.01. The standard InChI is InChI=1S/C17H21N3O4/c1-2-12-7-10(5-6-23-12)8-15(21)19-11-3-4-14-13(9-11)20-17(24-14)16(18)22/h3-4,9-10,12H,2,5-8H2,1H3,(H2,18,22)(H,19,21). The van der Waals surface area contributed by atoms with Gasteiger partial charge in [-0.15, -0.1) is 0 Å². The lowest BCUT2D eigenvalue weighted by atomic mass is 9.91. The molecule has 1 aromatic heterocycles. The van der Waals surface area contributed by atoms with Crippen LogP contribution >= 0.6 is 0 Å². The monoisotopic (exact) mass is 331 g/mol. The van der Waals surface area contributed by atoms with E-state index in [0.717, 1.165) is 25.9 Å². The van der Waals surface area contributed by atoms with Crippen LogP contribution in [0.5, 0.6) is 0 Å². The number of nitrogens with two attached hydrogens (primary N) is 1. The Morgan fingerprint density at radius 3 is 3.00 bits per heavy atom. The molecule has 1 aliphatic heterocycles. The van der Waals surface area contributed by atoms with Crippen molar-refractivity contribution in [2.45, 2.75) is 38.7 Å². The second-order valence-corrected chi connectivity index (χ2v) is 6.11. The average molecular weight is 331 g/mol. The Morgan fingerprint density at radius 1 is 1.42 bits per heavy atom. The quantitative estimate of drug-likeness (QED) is 0.875. The molecule has 24 heavy (non-hydrogen) atoms. The minimum Gasteiger partial charge on any atom is -0.432 e. The molecule has 2 amide bonds. The number of aromatic nitrogens is 1. The number of hydrogen-bond donors (Lipinski definition) is 2. The first-order chi connectivity index (χ1) is 11.5. The van der Waals surface area contributed by atoms with E-state index in [1.807, 2.05) is 0 Å². The van der Waals surface area contributed by atoms with Crippen molar-refractivity contribution >= 4 is 28.6 Å². The summed E-state index contributed by atoms with van der Waals surface area (Å²) in [5, 5.41) is 2.88. The number of benzene rings is 1. The average Bonchev–Trinajstić information content (AvgIpc) is 2.98. The molecule has 0 radical (unpaired) electrons. The molecular weight excluding hydrogens is 310 g/mol. The zero-order chi connectivity index (χ0) is 17.1. The van der Waals surface area contributed by atoms with Crippen molar-refractivity contribution < 1.29 is 18.7 Å². The van der Waals surface area contributed by atoms with Crippen molar-refractivity contribution in [3.63, 3.8) is 0 Å². The Bertz CT molecular complexity index is 755. The SMILES string of the molecule is CCC1CC(CC(=O)Nc2ccc3oc(C(N)=O)nc3c2)CCO1. The third-order valence-corrected chi connectivity index (χ3v) is 4.29. The molecule has 128 valence electrons. The lowest BCUT2D eigenvalue weighted by Gasteiger charge is -2.28. The van der Waals surface area contributed by atoms with Crippen molar-refractivity contribution in [1.29, 1.82) is 0 Å². The summed E-state index contributed by atoms with van der Waals surface area (Å²) in [7, 11) is 0. The van der Waals surface area contributed by atoms with Crippen molar-refractivity contribution in [2.24, 2.45) is 11.7 Å². The normalized spacial score (nSPS) is 20.9. The first-order valence-electron chi connectivity index (χ1n) is 8.17. The van der Waals surface area contributed by atoms with Crippen molar-refractivity contribution in [3.8, 4) is 0 Å². The Balaban J connectivity index is 1.63. The van der Waals surface area contributed by atoms with Crippen LogP contribution in [0.1, 0.15) is 43.3 Å². The number of amides is 2. The van der Waals surface area contributed by atoms with Crippen LogP contribution in [0.3, 0.4) is 0 Å². The van der Waals surface area contributed by atoms with E-state index < -0.39 is 5.91 Å². The molecule has 1 aliphatic rings. The Labute approximate surface area is 139 Å². The van der Waals surface area contributed by atoms with Crippen molar-refractivity contribution in [2.75, 3.05) is 11.9 Å². The molecule has 3 N–H and O–H groups in total. The van der Waals surface area contributed by atoms with Crippen LogP contribution in [0, 0.1) is 5.92 Å². The molecule has 7 heteroatoms. The van der Waals surface area contributed by atoms with Crippen molar-refractivity contribution in [3.05, 3.63) is 24.1 Å². The number of anilines is 1. The Morgan fingerprint density at radius 2 is 2.25 bits per heavy atom. The van der Waals surface area contributed by atoms with E-state index in [1.165, 1.54) is 0 Å². The van der Waals surface area contributed by atoms with E-state index in [4.69, 9.17) is 14.9 Å². The molecule has 0 aliphatic carbocycles. The largest absolute Gasteiger partial charge is 0.432 e. The molecule has 2 unspecified atom stereocenters. The number of primary amides is 1. The maximum atomic E-state index is 12.3. The summed E-state index contributed by atoms with van der Waals surface area (Å²) in [6, 6.07) is 5.04. The van der Waals surface area contributed by atoms with Gasteiger partial charge in [0.15, 0.2) is 5.58 Å². The summed E-state index contributed by atoms with van der Waals surface area (Å²) < 4.78 is 10.9. The number of nitrogens with one attached hydrogen (secondary N) is 1. The van der Waals surface area contributed by atoms with E-state index in [1.54, 1.807) is 18.2 Å². The van der Waals surface area contributed by atoms with Gasteiger partial charge < -0.3 is 20.2 Å². The summed E-state index contributed by atoms with van der Waals surface area (Å²) in [4.78, 5) is 27.4. The molecule has 1 fully saturated rings. The number of carbonyl (C=O) groups is 2. The van der Waals surface area contributed by atoms with Crippen LogP contribution < -0.4 is 11.1 Å². The summed E-state index contributed by atoms with van der Waals surface area (Å²) in [6.45, 7) is 2.82. The van der Waals surface area contributed by atoms with Gasteiger partial charge in [0.1, 0.15) is 5.52 Å². The molecule has 0 saturated carbocycles. The smallest absolute Gasteiger partial charge is 0.304 e. The first kappa shape index (κ1) is 16.4. The third-order valence-electron chi connectivity index (χ3n) is 4.29. The minimum atomic E-state index is -0.721. The van der Waals surface area contributed by atoms with E-state index in [-0.39, 0.29) is 17.9 Å². The molecule has 2 atom stereocenters. The highest BCUT2D eigenvalue weighted by molar-refractivity contribution is 5.94. The Hall–Kier alpha value is -2.41. The maximum absolute atomic E-state index is 12.3. The van der Waals surface area contributed by atoms with E-state index in [2.05, 4.69) is 17.2 Å². The number of rotatable bonds is 5. The molecule has 7 nitrogen and oxygen atoms in total. The fourth-order valence-corrected chi connectivity index (χ4v) is 3.01. The van der Waals surface area contributed by atoms with Crippen LogP contribution in [0.4, 0.5) is 5.69 Å². The maximum Gasteiger partial charge on any atom is 0.304 e. The van der Waals surface area contributed by atoms with E-state index in [9.17, 15) is 9.59 Å². The van der Waals surface area contributed by atoms with Gasteiger partial charge in [0.05, 0.1) is 6.10 Å². The van der Waals surface area contributed by atoms with E-state index >= 15 is 0 Å². The molecule has 1 saturated heterocycles. The summed E-state index contributed by atoms with van der Waals surface area (Å²) >= 11 is 0. The second-order valence-electron chi connectivity index (χ2n) is 6.11. The number of oxazole rings is 1. The topological polar surface area (TPSA) is 107 Å². The van der Waals surface area contributed by atoms with Gasteiger partial charge in [0, 0.05) is 18.7 Å². The van der Waals surface area contributed by atoms with Gasteiger partial charge in [0.25, 0.3) is 5.89 Å². The highest BCUT2D eigenvalue weighted by Gasteiger charge is 2.23.